The van der Waals surface area contributed by atoms with Gasteiger partial charge in [-0.1, -0.05) is 170 Å². The Bertz CT molecular complexity index is 3440. The second-order valence-electron chi connectivity index (χ2n) is 14.7. The Morgan fingerprint density at radius 3 is 1.54 bits per heavy atom. The molecule has 4 heteroatoms. The molecule has 0 saturated carbocycles. The number of nitrogens with zero attached hydrogens (tertiary/aromatic N) is 3. The van der Waals surface area contributed by atoms with Crippen molar-refractivity contribution in [2.75, 3.05) is 0 Å². The van der Waals surface area contributed by atoms with Crippen molar-refractivity contribution in [3.8, 4) is 56.4 Å². The van der Waals surface area contributed by atoms with Gasteiger partial charge in [-0.15, -0.1) is 0 Å². The molecule has 0 saturated heterocycles. The molecule has 12 rings (SSSR count). The number of furan rings is 1. The number of hydrogen-bond donors (Lipinski definition) is 0. The Hall–Kier alpha value is -7.69. The molecule has 0 aliphatic heterocycles. The molecule has 0 amide bonds. The summed E-state index contributed by atoms with van der Waals surface area (Å²) in [5.41, 5.74) is 9.22. The van der Waals surface area contributed by atoms with Crippen molar-refractivity contribution >= 4 is 65.0 Å². The zero-order valence-electron chi connectivity index (χ0n) is 30.6. The van der Waals surface area contributed by atoms with Crippen LogP contribution in [0.1, 0.15) is 0 Å². The summed E-state index contributed by atoms with van der Waals surface area (Å²) in [7, 11) is 0. The molecule has 0 aliphatic carbocycles. The molecule has 0 bridgehead atoms. The maximum atomic E-state index is 6.81. The van der Waals surface area contributed by atoms with Gasteiger partial charge < -0.3 is 4.42 Å². The number of aromatic nitrogens is 3. The van der Waals surface area contributed by atoms with Gasteiger partial charge in [-0.05, 0) is 78.2 Å². The zero-order chi connectivity index (χ0) is 37.5. The molecule has 4 nitrogen and oxygen atoms in total. The van der Waals surface area contributed by atoms with Crippen molar-refractivity contribution < 1.29 is 4.42 Å². The van der Waals surface area contributed by atoms with Crippen molar-refractivity contribution in [2.24, 2.45) is 0 Å². The molecule has 2 aromatic heterocycles. The van der Waals surface area contributed by atoms with E-state index in [9.17, 15) is 0 Å². The topological polar surface area (TPSA) is 51.8 Å². The minimum absolute atomic E-state index is 0.632. The molecule has 2 heterocycles. The van der Waals surface area contributed by atoms with E-state index in [2.05, 4.69) is 127 Å². The maximum Gasteiger partial charge on any atom is 0.164 e. The third-order valence-electron chi connectivity index (χ3n) is 11.5. The second kappa shape index (κ2) is 12.4. The van der Waals surface area contributed by atoms with Crippen LogP contribution in [0.5, 0.6) is 0 Å². The molecule has 0 radical (unpaired) electrons. The quantitative estimate of drug-likeness (QED) is 0.166. The fourth-order valence-electron chi connectivity index (χ4n) is 8.83. The summed E-state index contributed by atoms with van der Waals surface area (Å²) < 4.78 is 6.81. The summed E-state index contributed by atoms with van der Waals surface area (Å²) in [6, 6.07) is 66.3. The van der Waals surface area contributed by atoms with Crippen molar-refractivity contribution in [3.05, 3.63) is 188 Å². The molecular weight excluding hydrogens is 695 g/mol. The van der Waals surface area contributed by atoms with Crippen LogP contribution in [0, 0.1) is 0 Å². The maximum absolute atomic E-state index is 6.81. The average molecular weight is 726 g/mol. The number of benzene rings is 10. The van der Waals surface area contributed by atoms with E-state index in [0.29, 0.717) is 17.5 Å². The fourth-order valence-corrected chi connectivity index (χ4v) is 8.83. The molecule has 0 aliphatic rings. The van der Waals surface area contributed by atoms with Gasteiger partial charge in [0.15, 0.2) is 17.5 Å². The fraction of sp³-hybridized carbons (Fsp3) is 0. The number of fused-ring (bicyclic) bond motifs is 5. The highest BCUT2D eigenvalue weighted by Crippen LogP contribution is 2.46. The summed E-state index contributed by atoms with van der Waals surface area (Å²) >= 11 is 0. The van der Waals surface area contributed by atoms with Gasteiger partial charge in [0.2, 0.25) is 0 Å². The molecule has 0 N–H and O–H groups in total. The van der Waals surface area contributed by atoms with Gasteiger partial charge in [-0.3, -0.25) is 0 Å². The van der Waals surface area contributed by atoms with Crippen LogP contribution in [0.2, 0.25) is 0 Å². The molecule has 0 spiro atoms. The lowest BCUT2D eigenvalue weighted by Gasteiger charge is -2.15. The predicted molar refractivity (Wildman–Crippen MR) is 235 cm³/mol. The van der Waals surface area contributed by atoms with Gasteiger partial charge in [-0.25, -0.2) is 15.0 Å². The van der Waals surface area contributed by atoms with Crippen LogP contribution in [0.25, 0.3) is 121 Å². The van der Waals surface area contributed by atoms with E-state index in [0.717, 1.165) is 60.5 Å². The normalized spacial score (nSPS) is 11.9. The van der Waals surface area contributed by atoms with E-state index in [4.69, 9.17) is 19.4 Å². The predicted octanol–water partition coefficient (Wildman–Crippen LogP) is 14.2. The molecule has 10 aromatic carbocycles. The summed E-state index contributed by atoms with van der Waals surface area (Å²) in [5.74, 6) is 1.92. The van der Waals surface area contributed by atoms with E-state index >= 15 is 0 Å². The lowest BCUT2D eigenvalue weighted by molar-refractivity contribution is 0.673. The van der Waals surface area contributed by atoms with Gasteiger partial charge in [0.25, 0.3) is 0 Å². The van der Waals surface area contributed by atoms with Crippen LogP contribution in [0.15, 0.2) is 192 Å². The van der Waals surface area contributed by atoms with Crippen LogP contribution in [0.3, 0.4) is 0 Å². The van der Waals surface area contributed by atoms with E-state index < -0.39 is 0 Å². The highest BCUT2D eigenvalue weighted by molar-refractivity contribution is 6.29. The number of hydrogen-bond acceptors (Lipinski definition) is 4. The molecule has 0 atom stereocenters. The van der Waals surface area contributed by atoms with Crippen LogP contribution >= 0.6 is 0 Å². The summed E-state index contributed by atoms with van der Waals surface area (Å²) in [6.07, 6.45) is 0. The van der Waals surface area contributed by atoms with Gasteiger partial charge in [0.1, 0.15) is 11.2 Å². The van der Waals surface area contributed by atoms with E-state index in [-0.39, 0.29) is 0 Å². The third-order valence-corrected chi connectivity index (χ3v) is 11.5. The van der Waals surface area contributed by atoms with Crippen molar-refractivity contribution in [1.82, 2.24) is 15.0 Å². The highest BCUT2D eigenvalue weighted by Gasteiger charge is 2.21. The first-order valence-electron chi connectivity index (χ1n) is 19.3. The highest BCUT2D eigenvalue weighted by atomic mass is 16.3. The molecule has 12 aromatic rings. The largest absolute Gasteiger partial charge is 0.455 e. The second-order valence-corrected chi connectivity index (χ2v) is 14.7. The Morgan fingerprint density at radius 1 is 0.298 bits per heavy atom. The third kappa shape index (κ3) is 4.98. The number of rotatable bonds is 5. The van der Waals surface area contributed by atoms with Crippen LogP contribution in [0.4, 0.5) is 0 Å². The lowest BCUT2D eigenvalue weighted by Crippen LogP contribution is -2.00. The van der Waals surface area contributed by atoms with Gasteiger partial charge in [0.05, 0.1) is 0 Å². The minimum Gasteiger partial charge on any atom is -0.455 e. The van der Waals surface area contributed by atoms with Crippen LogP contribution in [-0.2, 0) is 0 Å². The van der Waals surface area contributed by atoms with E-state index in [1.165, 1.54) is 43.4 Å². The monoisotopic (exact) mass is 725 g/mol. The van der Waals surface area contributed by atoms with Crippen LogP contribution in [-0.4, -0.2) is 15.0 Å². The Kier molecular flexibility index (Phi) is 6.89. The first kappa shape index (κ1) is 31.6. The first-order valence-corrected chi connectivity index (χ1v) is 19.3. The average Bonchev–Trinajstić information content (AvgIpc) is 3.68. The summed E-state index contributed by atoms with van der Waals surface area (Å²) in [6.45, 7) is 0. The zero-order valence-corrected chi connectivity index (χ0v) is 30.6. The Labute approximate surface area is 327 Å². The summed E-state index contributed by atoms with van der Waals surface area (Å²) in [4.78, 5) is 14.8. The van der Waals surface area contributed by atoms with Gasteiger partial charge in [0, 0.05) is 32.8 Å². The van der Waals surface area contributed by atoms with Crippen molar-refractivity contribution in [3.63, 3.8) is 0 Å². The molecule has 57 heavy (non-hydrogen) atoms. The Balaban J connectivity index is 1.05. The molecule has 264 valence electrons. The molecule has 0 fully saturated rings. The molecule has 0 unspecified atom stereocenters. The SMILES string of the molecule is c1ccc(-c2nc(-c3ccccc3)nc(-c3ccc(-c4cc5c(oc6cccc(-c7cc8cccc9ccc%10cccc7c%10c98)c65)c5ccccc45)cc3)n2)cc1. The van der Waals surface area contributed by atoms with E-state index in [1.807, 2.05) is 60.7 Å². The van der Waals surface area contributed by atoms with Gasteiger partial charge in [-0.2, -0.15) is 0 Å². The van der Waals surface area contributed by atoms with Gasteiger partial charge >= 0.3 is 0 Å². The van der Waals surface area contributed by atoms with Crippen LogP contribution < -0.4 is 0 Å². The molecular formula is C53H31N3O. The summed E-state index contributed by atoms with van der Waals surface area (Å²) in [5, 5.41) is 12.1. The lowest BCUT2D eigenvalue weighted by atomic mass is 9.87. The Morgan fingerprint density at radius 2 is 0.842 bits per heavy atom. The minimum atomic E-state index is 0.632. The first-order chi connectivity index (χ1) is 28.2. The van der Waals surface area contributed by atoms with Crippen molar-refractivity contribution in [2.45, 2.75) is 0 Å². The van der Waals surface area contributed by atoms with Crippen molar-refractivity contribution in [1.29, 1.82) is 0 Å². The van der Waals surface area contributed by atoms with E-state index in [1.54, 1.807) is 0 Å². The standard InChI is InChI=1S/C53H31N3O/c1-3-12-35(13-4-1)51-54-52(36-14-5-2-6-15-36)56-53(55-51)37-28-24-32(25-29-37)43-31-45-49-41(22-11-23-46(49)57-50(45)42-20-8-7-19-39(42)43)44-30-38-18-9-16-33-26-27-34-17-10-21-40(44)48(34)47(33)38/h1-31H. The smallest absolute Gasteiger partial charge is 0.164 e.